The van der Waals surface area contributed by atoms with Gasteiger partial charge in [-0.25, -0.2) is 0 Å². The highest BCUT2D eigenvalue weighted by Gasteiger charge is 2.44. The van der Waals surface area contributed by atoms with Crippen molar-refractivity contribution in [2.75, 3.05) is 46.4 Å². The maximum atomic E-state index is 5.50. The Balaban J connectivity index is 0.00000261. The zero-order valence-electron chi connectivity index (χ0n) is 16.9. The lowest BCUT2D eigenvalue weighted by Gasteiger charge is -2.37. The monoisotopic (exact) mass is 486 g/mol. The van der Waals surface area contributed by atoms with Crippen molar-refractivity contribution in [1.29, 1.82) is 0 Å². The van der Waals surface area contributed by atoms with Crippen LogP contribution in [0.2, 0.25) is 0 Å². The summed E-state index contributed by atoms with van der Waals surface area (Å²) in [5.41, 5.74) is 1.73. The van der Waals surface area contributed by atoms with Crippen molar-refractivity contribution >= 4 is 29.9 Å². The molecule has 0 bridgehead atoms. The van der Waals surface area contributed by atoms with E-state index in [-0.39, 0.29) is 24.0 Å². The van der Waals surface area contributed by atoms with Gasteiger partial charge in [0.25, 0.3) is 0 Å². The zero-order chi connectivity index (χ0) is 18.4. The predicted octanol–water partition coefficient (Wildman–Crippen LogP) is 2.86. The van der Waals surface area contributed by atoms with E-state index in [1.54, 1.807) is 0 Å². The van der Waals surface area contributed by atoms with E-state index in [2.05, 4.69) is 64.7 Å². The largest absolute Gasteiger partial charge is 0.379 e. The van der Waals surface area contributed by atoms with Gasteiger partial charge in [0.2, 0.25) is 0 Å². The van der Waals surface area contributed by atoms with Gasteiger partial charge in [-0.3, -0.25) is 9.89 Å². The zero-order valence-corrected chi connectivity index (χ0v) is 19.2. The van der Waals surface area contributed by atoms with Gasteiger partial charge in [-0.15, -0.1) is 24.0 Å². The second kappa shape index (κ2) is 10.6. The number of ether oxygens (including phenoxy) is 1. The summed E-state index contributed by atoms with van der Waals surface area (Å²) in [6, 6.07) is 11.4. The Morgan fingerprint density at radius 3 is 2.37 bits per heavy atom. The maximum absolute atomic E-state index is 5.50. The first-order valence-corrected chi connectivity index (χ1v) is 9.96. The minimum atomic E-state index is 0. The van der Waals surface area contributed by atoms with Crippen molar-refractivity contribution in [2.45, 2.75) is 38.1 Å². The van der Waals surface area contributed by atoms with Crippen LogP contribution < -0.4 is 10.6 Å². The minimum absolute atomic E-state index is 0. The second-order valence-electron chi connectivity index (χ2n) is 7.91. The molecular weight excluding hydrogens is 451 g/mol. The lowest BCUT2D eigenvalue weighted by atomic mass is 9.96. The molecule has 2 N–H and O–H groups in total. The molecule has 5 nitrogen and oxygen atoms in total. The Morgan fingerprint density at radius 1 is 1.15 bits per heavy atom. The predicted molar refractivity (Wildman–Crippen MR) is 123 cm³/mol. The van der Waals surface area contributed by atoms with Crippen molar-refractivity contribution in [1.82, 2.24) is 15.5 Å². The topological polar surface area (TPSA) is 48.9 Å². The first-order valence-electron chi connectivity index (χ1n) is 9.96. The van der Waals surface area contributed by atoms with E-state index in [4.69, 9.17) is 4.74 Å². The molecule has 1 atom stereocenters. The molecule has 2 aliphatic rings. The average Bonchev–Trinajstić information content (AvgIpc) is 3.47. The minimum Gasteiger partial charge on any atom is -0.379 e. The molecular formula is C21H35IN4O. The van der Waals surface area contributed by atoms with Crippen LogP contribution >= 0.6 is 24.0 Å². The number of rotatable bonds is 7. The van der Waals surface area contributed by atoms with Gasteiger partial charge in [0.1, 0.15) is 0 Å². The molecule has 152 valence electrons. The second-order valence-corrected chi connectivity index (χ2v) is 7.91. The summed E-state index contributed by atoms with van der Waals surface area (Å²) in [5.74, 6) is 1.50. The summed E-state index contributed by atoms with van der Waals surface area (Å²) in [6.45, 7) is 10.2. The molecule has 3 rings (SSSR count). The van der Waals surface area contributed by atoms with E-state index < -0.39 is 0 Å². The Labute approximate surface area is 181 Å². The number of hydrogen-bond acceptors (Lipinski definition) is 3. The van der Waals surface area contributed by atoms with Gasteiger partial charge in [-0.2, -0.15) is 0 Å². The molecule has 0 radical (unpaired) electrons. The molecule has 1 saturated carbocycles. The van der Waals surface area contributed by atoms with Gasteiger partial charge in [0.05, 0.1) is 13.2 Å². The first-order chi connectivity index (χ1) is 12.6. The van der Waals surface area contributed by atoms with Crippen LogP contribution in [-0.4, -0.2) is 63.3 Å². The summed E-state index contributed by atoms with van der Waals surface area (Å²) in [4.78, 5) is 6.98. The van der Waals surface area contributed by atoms with Crippen LogP contribution in [-0.2, 0) is 10.2 Å². The highest BCUT2D eigenvalue weighted by Crippen LogP contribution is 2.47. The molecule has 6 heteroatoms. The number of guanidine groups is 1. The summed E-state index contributed by atoms with van der Waals surface area (Å²) < 4.78 is 5.50. The van der Waals surface area contributed by atoms with Crippen molar-refractivity contribution in [3.05, 3.63) is 35.9 Å². The van der Waals surface area contributed by atoms with E-state index in [0.29, 0.717) is 17.4 Å². The third-order valence-electron chi connectivity index (χ3n) is 5.82. The van der Waals surface area contributed by atoms with Crippen LogP contribution in [0.3, 0.4) is 0 Å². The van der Waals surface area contributed by atoms with Crippen LogP contribution in [0, 0.1) is 5.92 Å². The molecule has 0 spiro atoms. The van der Waals surface area contributed by atoms with Gasteiger partial charge in [-0.1, -0.05) is 44.2 Å². The van der Waals surface area contributed by atoms with Crippen LogP contribution in [0.5, 0.6) is 0 Å². The lowest BCUT2D eigenvalue weighted by Crippen LogP contribution is -2.53. The smallest absolute Gasteiger partial charge is 0.191 e. The number of morpholine rings is 1. The fourth-order valence-corrected chi connectivity index (χ4v) is 3.88. The maximum Gasteiger partial charge on any atom is 0.191 e. The van der Waals surface area contributed by atoms with Gasteiger partial charge >= 0.3 is 0 Å². The number of hydrogen-bond donors (Lipinski definition) is 2. The third-order valence-corrected chi connectivity index (χ3v) is 5.82. The summed E-state index contributed by atoms with van der Waals surface area (Å²) in [5, 5.41) is 7.12. The number of halogens is 1. The van der Waals surface area contributed by atoms with E-state index in [1.807, 2.05) is 7.05 Å². The number of benzene rings is 1. The van der Waals surface area contributed by atoms with Crippen molar-refractivity contribution in [3.8, 4) is 0 Å². The number of nitrogens with zero attached hydrogens (tertiary/aromatic N) is 2. The molecule has 27 heavy (non-hydrogen) atoms. The van der Waals surface area contributed by atoms with E-state index in [1.165, 1.54) is 18.4 Å². The molecule has 2 fully saturated rings. The van der Waals surface area contributed by atoms with Crippen molar-refractivity contribution in [3.63, 3.8) is 0 Å². The Morgan fingerprint density at radius 2 is 1.81 bits per heavy atom. The van der Waals surface area contributed by atoms with E-state index in [9.17, 15) is 0 Å². The molecule has 1 aliphatic carbocycles. The fraction of sp³-hybridized carbons (Fsp3) is 0.667. The van der Waals surface area contributed by atoms with E-state index >= 15 is 0 Å². The SMILES string of the molecule is CN=C(NCC(C(C)C)N1CCOCC1)NCC1(c2ccccc2)CC1.I. The number of nitrogens with one attached hydrogen (secondary N) is 2. The van der Waals surface area contributed by atoms with Crippen LogP contribution in [0.25, 0.3) is 0 Å². The van der Waals surface area contributed by atoms with Gasteiger partial charge in [-0.05, 0) is 24.3 Å². The van der Waals surface area contributed by atoms with Crippen molar-refractivity contribution in [2.24, 2.45) is 10.9 Å². The highest BCUT2D eigenvalue weighted by atomic mass is 127. The quantitative estimate of drug-likeness (QED) is 0.354. The van der Waals surface area contributed by atoms with Gasteiger partial charge in [0.15, 0.2) is 5.96 Å². The molecule has 1 unspecified atom stereocenters. The Kier molecular flexibility index (Phi) is 8.82. The summed E-state index contributed by atoms with van der Waals surface area (Å²) >= 11 is 0. The normalized spacial score (nSPS) is 20.7. The summed E-state index contributed by atoms with van der Waals surface area (Å²) in [7, 11) is 1.86. The Bertz CT molecular complexity index is 583. The van der Waals surface area contributed by atoms with Crippen LogP contribution in [0.4, 0.5) is 0 Å². The molecule has 1 heterocycles. The van der Waals surface area contributed by atoms with Crippen LogP contribution in [0.15, 0.2) is 35.3 Å². The molecule has 1 aromatic carbocycles. The van der Waals surface area contributed by atoms with Crippen molar-refractivity contribution < 1.29 is 4.74 Å². The molecule has 1 aromatic rings. The van der Waals surface area contributed by atoms with Gasteiger partial charge in [0, 0.05) is 44.7 Å². The average molecular weight is 486 g/mol. The molecule has 1 aliphatic heterocycles. The molecule has 0 amide bonds. The van der Waals surface area contributed by atoms with Gasteiger partial charge < -0.3 is 15.4 Å². The molecule has 1 saturated heterocycles. The third kappa shape index (κ3) is 6.06. The van der Waals surface area contributed by atoms with Crippen LogP contribution in [0.1, 0.15) is 32.3 Å². The highest BCUT2D eigenvalue weighted by molar-refractivity contribution is 14.0. The first kappa shape index (κ1) is 22.4. The molecule has 0 aromatic heterocycles. The van der Waals surface area contributed by atoms with E-state index in [0.717, 1.165) is 45.4 Å². The number of aliphatic imine (C=N–C) groups is 1. The lowest BCUT2D eigenvalue weighted by molar-refractivity contribution is 0.00752. The standard InChI is InChI=1S/C21H34N4O.HI/c1-17(2)19(25-11-13-26-14-12-25)15-23-20(22-3)24-16-21(9-10-21)18-7-5-4-6-8-18;/h4-8,17,19H,9-16H2,1-3H3,(H2,22,23,24);1H. The fourth-order valence-electron chi connectivity index (χ4n) is 3.88. The Hall–Kier alpha value is -0.860. The summed E-state index contributed by atoms with van der Waals surface area (Å²) in [6.07, 6.45) is 2.51.